The average molecular weight is 501 g/mol. The number of aromatic nitrogens is 4. The molecule has 4 heterocycles. The van der Waals surface area contributed by atoms with E-state index in [1.807, 2.05) is 18.2 Å². The fraction of sp³-hybridized carbons (Fsp3) is 0.480. The zero-order valence-corrected chi connectivity index (χ0v) is 19.9. The number of halogens is 4. The van der Waals surface area contributed by atoms with Crippen LogP contribution in [0.2, 0.25) is 5.02 Å². The third kappa shape index (κ3) is 3.38. The van der Waals surface area contributed by atoms with E-state index in [0.717, 1.165) is 48.8 Å². The maximum absolute atomic E-state index is 13.9. The number of anilines is 1. The predicted molar refractivity (Wildman–Crippen MR) is 125 cm³/mol. The molecular weight excluding hydrogens is 477 g/mol. The molecule has 35 heavy (non-hydrogen) atoms. The van der Waals surface area contributed by atoms with Crippen LogP contribution in [0.5, 0.6) is 0 Å². The van der Waals surface area contributed by atoms with Crippen LogP contribution in [-0.2, 0) is 13.1 Å². The van der Waals surface area contributed by atoms with E-state index < -0.39 is 12.0 Å². The highest BCUT2D eigenvalue weighted by Crippen LogP contribution is 2.57. The summed E-state index contributed by atoms with van der Waals surface area (Å²) in [6.07, 6.45) is 3.13. The molecule has 0 amide bonds. The number of hydrogen-bond donors (Lipinski definition) is 0. The Labute approximate surface area is 205 Å². The first kappa shape index (κ1) is 21.6. The molecule has 1 atom stereocenters. The molecule has 2 aliphatic carbocycles. The zero-order valence-electron chi connectivity index (χ0n) is 19.2. The number of hydrogen-bond acceptors (Lipinski definition) is 5. The molecule has 182 valence electrons. The van der Waals surface area contributed by atoms with Crippen LogP contribution in [0.1, 0.15) is 48.0 Å². The van der Waals surface area contributed by atoms with Crippen molar-refractivity contribution in [3.63, 3.8) is 0 Å². The number of fused-ring (bicyclic) bond motifs is 3. The quantitative estimate of drug-likeness (QED) is 0.513. The van der Waals surface area contributed by atoms with Gasteiger partial charge in [0.2, 0.25) is 0 Å². The van der Waals surface area contributed by atoms with Crippen molar-refractivity contribution in [1.29, 1.82) is 0 Å². The third-order valence-corrected chi connectivity index (χ3v) is 8.36. The van der Waals surface area contributed by atoms with Gasteiger partial charge in [-0.25, -0.2) is 18.2 Å². The molecular formula is C25H24ClF3N6. The standard InChI is InChI=1S/C25H24ClF3N6/c1-14-4-21(30-9-18(14)27)34-12-24(13-34)6-16(7-24)23-32-31-22-11-33(20-8-25(20,28)29)10-15-5-17(26)2-3-19(15)35(22)23/h2-5,9,16,20H,6-8,10-13H2,1H3. The predicted octanol–water partition coefficient (Wildman–Crippen LogP) is 4.87. The monoisotopic (exact) mass is 500 g/mol. The summed E-state index contributed by atoms with van der Waals surface area (Å²) in [4.78, 5) is 8.24. The van der Waals surface area contributed by atoms with Gasteiger partial charge in [0.05, 0.1) is 24.5 Å². The highest BCUT2D eigenvalue weighted by Gasteiger charge is 2.60. The zero-order chi connectivity index (χ0) is 24.1. The van der Waals surface area contributed by atoms with Gasteiger partial charge < -0.3 is 4.90 Å². The van der Waals surface area contributed by atoms with Crippen LogP contribution in [0.3, 0.4) is 0 Å². The van der Waals surface area contributed by atoms with E-state index in [4.69, 9.17) is 11.6 Å². The Bertz CT molecular complexity index is 1340. The molecule has 3 aromatic rings. The SMILES string of the molecule is Cc1cc(N2CC3(CC(c4nnc5n4-c4ccc(Cl)cc4CN(C4CC4(F)F)C5)C3)C2)ncc1F. The molecule has 1 saturated heterocycles. The lowest BCUT2D eigenvalue weighted by molar-refractivity contribution is 0.0579. The maximum atomic E-state index is 13.9. The molecule has 0 N–H and O–H groups in total. The summed E-state index contributed by atoms with van der Waals surface area (Å²) in [6.45, 7) is 4.27. The largest absolute Gasteiger partial charge is 0.355 e. The van der Waals surface area contributed by atoms with Crippen LogP contribution in [0.25, 0.3) is 5.69 Å². The smallest absolute Gasteiger partial charge is 0.265 e. The van der Waals surface area contributed by atoms with Crippen LogP contribution in [0.4, 0.5) is 19.0 Å². The molecule has 3 fully saturated rings. The Morgan fingerprint density at radius 3 is 2.54 bits per heavy atom. The second-order valence-electron chi connectivity index (χ2n) is 10.7. The first-order chi connectivity index (χ1) is 16.7. The summed E-state index contributed by atoms with van der Waals surface area (Å²) < 4.78 is 43.5. The number of benzene rings is 1. The Morgan fingerprint density at radius 1 is 1.06 bits per heavy atom. The van der Waals surface area contributed by atoms with E-state index in [0.29, 0.717) is 29.5 Å². The molecule has 2 aliphatic heterocycles. The summed E-state index contributed by atoms with van der Waals surface area (Å²) in [5.41, 5.74) is 2.65. The van der Waals surface area contributed by atoms with Gasteiger partial charge in [-0.15, -0.1) is 10.2 Å². The minimum Gasteiger partial charge on any atom is -0.355 e. The van der Waals surface area contributed by atoms with Gasteiger partial charge in [0.1, 0.15) is 17.5 Å². The first-order valence-corrected chi connectivity index (χ1v) is 12.3. The van der Waals surface area contributed by atoms with Gasteiger partial charge in [0, 0.05) is 42.4 Å². The Kier molecular flexibility index (Phi) is 4.44. The van der Waals surface area contributed by atoms with E-state index >= 15 is 0 Å². The number of rotatable bonds is 3. The lowest BCUT2D eigenvalue weighted by Crippen LogP contribution is -2.62. The van der Waals surface area contributed by atoms with E-state index in [1.54, 1.807) is 17.9 Å². The molecule has 0 radical (unpaired) electrons. The highest BCUT2D eigenvalue weighted by molar-refractivity contribution is 6.30. The molecule has 7 rings (SSSR count). The second kappa shape index (κ2) is 7.20. The van der Waals surface area contributed by atoms with Crippen LogP contribution in [-0.4, -0.2) is 49.7 Å². The van der Waals surface area contributed by atoms with Gasteiger partial charge in [0.25, 0.3) is 5.92 Å². The molecule has 2 saturated carbocycles. The molecule has 2 aromatic heterocycles. The Hall–Kier alpha value is -2.65. The van der Waals surface area contributed by atoms with Crippen LogP contribution < -0.4 is 4.90 Å². The van der Waals surface area contributed by atoms with Crippen molar-refractivity contribution in [1.82, 2.24) is 24.6 Å². The van der Waals surface area contributed by atoms with E-state index in [-0.39, 0.29) is 23.6 Å². The summed E-state index contributed by atoms with van der Waals surface area (Å²) >= 11 is 6.28. The second-order valence-corrected chi connectivity index (χ2v) is 11.2. The van der Waals surface area contributed by atoms with Crippen LogP contribution in [0, 0.1) is 18.2 Å². The van der Waals surface area contributed by atoms with Crippen molar-refractivity contribution in [2.24, 2.45) is 5.41 Å². The average Bonchev–Trinajstić information content (AvgIpc) is 3.27. The van der Waals surface area contributed by atoms with Gasteiger partial charge in [-0.05, 0) is 55.2 Å². The summed E-state index contributed by atoms with van der Waals surface area (Å²) in [6, 6.07) is 6.68. The van der Waals surface area contributed by atoms with Gasteiger partial charge >= 0.3 is 0 Å². The topological polar surface area (TPSA) is 50.1 Å². The molecule has 4 aliphatic rings. The molecule has 10 heteroatoms. The third-order valence-electron chi connectivity index (χ3n) is 8.12. The van der Waals surface area contributed by atoms with Crippen molar-refractivity contribution in [2.45, 2.75) is 57.2 Å². The molecule has 1 aromatic carbocycles. The van der Waals surface area contributed by atoms with Gasteiger partial charge in [-0.2, -0.15) is 0 Å². The highest BCUT2D eigenvalue weighted by atomic mass is 35.5. The van der Waals surface area contributed by atoms with Crippen molar-refractivity contribution in [3.05, 3.63) is 64.1 Å². The van der Waals surface area contributed by atoms with Crippen LogP contribution >= 0.6 is 11.6 Å². The number of alkyl halides is 2. The van der Waals surface area contributed by atoms with E-state index in [1.165, 1.54) is 6.20 Å². The van der Waals surface area contributed by atoms with Gasteiger partial charge in [-0.3, -0.25) is 9.47 Å². The summed E-state index contributed by atoms with van der Waals surface area (Å²) in [5.74, 6) is -0.272. The number of nitrogens with zero attached hydrogens (tertiary/aromatic N) is 6. The normalized spacial score (nSPS) is 24.4. The van der Waals surface area contributed by atoms with Gasteiger partial charge in [-0.1, -0.05) is 11.6 Å². The Morgan fingerprint density at radius 2 is 1.83 bits per heavy atom. The van der Waals surface area contributed by atoms with Crippen molar-refractivity contribution in [2.75, 3.05) is 18.0 Å². The van der Waals surface area contributed by atoms with E-state index in [9.17, 15) is 13.2 Å². The van der Waals surface area contributed by atoms with Gasteiger partial charge in [0.15, 0.2) is 5.82 Å². The fourth-order valence-electron chi connectivity index (χ4n) is 6.18. The molecule has 1 spiro atoms. The summed E-state index contributed by atoms with van der Waals surface area (Å²) in [7, 11) is 0. The Balaban J connectivity index is 1.13. The first-order valence-electron chi connectivity index (χ1n) is 11.9. The van der Waals surface area contributed by atoms with Crippen LogP contribution in [0.15, 0.2) is 30.5 Å². The molecule has 1 unspecified atom stereocenters. The minimum absolute atomic E-state index is 0.117. The lowest BCUT2D eigenvalue weighted by atomic mass is 9.57. The lowest BCUT2D eigenvalue weighted by Gasteiger charge is -2.59. The number of aryl methyl sites for hydroxylation is 1. The molecule has 0 bridgehead atoms. The summed E-state index contributed by atoms with van der Waals surface area (Å²) in [5, 5.41) is 9.60. The van der Waals surface area contributed by atoms with Crippen molar-refractivity contribution >= 4 is 17.4 Å². The van der Waals surface area contributed by atoms with E-state index in [2.05, 4.69) is 24.6 Å². The van der Waals surface area contributed by atoms with Crippen molar-refractivity contribution in [3.8, 4) is 5.69 Å². The maximum Gasteiger partial charge on any atom is 0.265 e. The van der Waals surface area contributed by atoms with Crippen molar-refractivity contribution < 1.29 is 13.2 Å². The fourth-order valence-corrected chi connectivity index (χ4v) is 6.37. The minimum atomic E-state index is -2.65. The molecule has 6 nitrogen and oxygen atoms in total. The number of pyridine rings is 1.